The molecule has 10 heteroatoms. The fourth-order valence-electron chi connectivity index (χ4n) is 4.95. The van der Waals surface area contributed by atoms with Crippen LogP contribution in [0.4, 0.5) is 0 Å². The van der Waals surface area contributed by atoms with Crippen molar-refractivity contribution in [3.8, 4) is 11.5 Å². The van der Waals surface area contributed by atoms with Gasteiger partial charge in [-0.2, -0.15) is 0 Å². The molecule has 7 nitrogen and oxygen atoms in total. The molecule has 2 heterocycles. The highest BCUT2D eigenvalue weighted by Gasteiger charge is 2.29. The maximum Gasteiger partial charge on any atom is 0.305 e. The van der Waals surface area contributed by atoms with Crippen LogP contribution in [-0.4, -0.2) is 40.9 Å². The minimum atomic E-state index is -1.03. The van der Waals surface area contributed by atoms with Crippen LogP contribution in [0.1, 0.15) is 36.4 Å². The van der Waals surface area contributed by atoms with Crippen molar-refractivity contribution in [3.63, 3.8) is 0 Å². The van der Waals surface area contributed by atoms with Crippen molar-refractivity contribution >= 4 is 68.5 Å². The Kier molecular flexibility index (Phi) is 9.47. The van der Waals surface area contributed by atoms with E-state index in [-0.39, 0.29) is 24.2 Å². The van der Waals surface area contributed by atoms with Crippen molar-refractivity contribution in [2.75, 3.05) is 13.1 Å². The largest absolute Gasteiger partial charge is 0.481 e. The molecule has 0 saturated carbocycles. The summed E-state index contributed by atoms with van der Waals surface area (Å²) < 4.78 is 6.80. The molecular weight excluding hydrogens is 595 g/mol. The standard InChI is InChI=1S/C32H28Cl2N2O5S/c33-29-22(17-23-13-16-42-31(23)30(29)34)9-10-27(37)36-14-11-20(12-15-36)32(40)35-26(19-28(38)39)21-5-4-8-25(18-21)41-24-6-2-1-3-7-24/h1-10,13,16-18,20,26H,11-12,14-15,19H2,(H,35,40)(H,38,39). The summed E-state index contributed by atoms with van der Waals surface area (Å²) in [6, 6.07) is 19.4. The highest BCUT2D eigenvalue weighted by atomic mass is 35.5. The van der Waals surface area contributed by atoms with Gasteiger partial charge in [0.2, 0.25) is 11.8 Å². The third-order valence-electron chi connectivity index (χ3n) is 7.17. The van der Waals surface area contributed by atoms with Gasteiger partial charge < -0.3 is 20.1 Å². The van der Waals surface area contributed by atoms with Gasteiger partial charge in [0.1, 0.15) is 11.5 Å². The predicted octanol–water partition coefficient (Wildman–Crippen LogP) is 7.58. The van der Waals surface area contributed by atoms with Crippen LogP contribution in [0.5, 0.6) is 11.5 Å². The van der Waals surface area contributed by atoms with E-state index >= 15 is 0 Å². The second kappa shape index (κ2) is 13.4. The molecule has 4 aromatic rings. The number of fused-ring (bicyclic) bond motifs is 1. The first-order valence-electron chi connectivity index (χ1n) is 13.5. The lowest BCUT2D eigenvalue weighted by molar-refractivity contribution is -0.138. The molecular formula is C32H28Cl2N2O5S. The number of thiophene rings is 1. The van der Waals surface area contributed by atoms with Crippen LogP contribution in [0.3, 0.4) is 0 Å². The molecule has 1 atom stereocenters. The van der Waals surface area contributed by atoms with E-state index < -0.39 is 12.0 Å². The second-order valence-corrected chi connectivity index (χ2v) is 11.7. The van der Waals surface area contributed by atoms with E-state index in [1.165, 1.54) is 17.4 Å². The molecule has 1 aromatic heterocycles. The third-order valence-corrected chi connectivity index (χ3v) is 9.11. The van der Waals surface area contributed by atoms with Gasteiger partial charge >= 0.3 is 5.97 Å². The maximum absolute atomic E-state index is 13.2. The lowest BCUT2D eigenvalue weighted by Crippen LogP contribution is -2.43. The predicted molar refractivity (Wildman–Crippen MR) is 166 cm³/mol. The normalized spacial score (nSPS) is 14.7. The van der Waals surface area contributed by atoms with Crippen LogP contribution >= 0.6 is 34.5 Å². The Morgan fingerprint density at radius 1 is 1.00 bits per heavy atom. The van der Waals surface area contributed by atoms with Crippen molar-refractivity contribution < 1.29 is 24.2 Å². The van der Waals surface area contributed by atoms with E-state index in [1.54, 1.807) is 35.2 Å². The number of hydrogen-bond donors (Lipinski definition) is 2. The molecule has 2 amide bonds. The Morgan fingerprint density at radius 2 is 1.74 bits per heavy atom. The SMILES string of the molecule is O=C(O)CC(NC(=O)C1CCN(C(=O)C=Cc2cc3ccsc3c(Cl)c2Cl)CC1)c1cccc(Oc2ccccc2)c1. The lowest BCUT2D eigenvalue weighted by Gasteiger charge is -2.31. The quantitative estimate of drug-likeness (QED) is 0.188. The Balaban J connectivity index is 1.19. The molecule has 216 valence electrons. The summed E-state index contributed by atoms with van der Waals surface area (Å²) in [5.74, 6) is -0.579. The highest BCUT2D eigenvalue weighted by molar-refractivity contribution is 7.18. The number of nitrogens with one attached hydrogen (secondary N) is 1. The molecule has 1 aliphatic heterocycles. The van der Waals surface area contributed by atoms with Gasteiger partial charge in [-0.25, -0.2) is 0 Å². The number of carboxylic acid groups (broad SMARTS) is 1. The van der Waals surface area contributed by atoms with Gasteiger partial charge in [0.25, 0.3) is 0 Å². The molecule has 1 saturated heterocycles. The number of carbonyl (C=O) groups is 3. The second-order valence-electron chi connectivity index (χ2n) is 10.0. The van der Waals surface area contributed by atoms with Crippen molar-refractivity contribution in [1.82, 2.24) is 10.2 Å². The average molecular weight is 624 g/mol. The summed E-state index contributed by atoms with van der Waals surface area (Å²) in [6.07, 6.45) is 3.81. The number of nitrogens with zero attached hydrogens (tertiary/aromatic N) is 1. The van der Waals surface area contributed by atoms with Gasteiger partial charge in [-0.05, 0) is 77.2 Å². The van der Waals surface area contributed by atoms with Gasteiger partial charge in [0.15, 0.2) is 0 Å². The lowest BCUT2D eigenvalue weighted by atomic mass is 9.94. The van der Waals surface area contributed by atoms with Crippen molar-refractivity contribution in [1.29, 1.82) is 0 Å². The van der Waals surface area contributed by atoms with Crippen molar-refractivity contribution in [2.24, 2.45) is 5.92 Å². The first kappa shape index (κ1) is 29.6. The number of carbonyl (C=O) groups excluding carboxylic acids is 2. The van der Waals surface area contributed by atoms with Gasteiger partial charge in [-0.3, -0.25) is 14.4 Å². The van der Waals surface area contributed by atoms with E-state index in [9.17, 15) is 19.5 Å². The van der Waals surface area contributed by atoms with Gasteiger partial charge in [0.05, 0.1) is 27.2 Å². The zero-order valence-electron chi connectivity index (χ0n) is 22.5. The topological polar surface area (TPSA) is 95.9 Å². The number of halogens is 2. The molecule has 1 aliphatic rings. The molecule has 0 spiro atoms. The highest BCUT2D eigenvalue weighted by Crippen LogP contribution is 2.37. The molecule has 3 aromatic carbocycles. The summed E-state index contributed by atoms with van der Waals surface area (Å²) in [6.45, 7) is 0.812. The van der Waals surface area contributed by atoms with Gasteiger partial charge in [0, 0.05) is 25.1 Å². The summed E-state index contributed by atoms with van der Waals surface area (Å²) in [5, 5.41) is 16.2. The molecule has 0 aliphatic carbocycles. The molecule has 42 heavy (non-hydrogen) atoms. The first-order chi connectivity index (χ1) is 20.3. The number of ether oxygens (including phenoxy) is 1. The molecule has 0 radical (unpaired) electrons. The number of piperidine rings is 1. The fourth-order valence-corrected chi connectivity index (χ4v) is 6.39. The number of amides is 2. The van der Waals surface area contributed by atoms with Crippen LogP contribution in [0.2, 0.25) is 10.0 Å². The van der Waals surface area contributed by atoms with Crippen LogP contribution in [0, 0.1) is 5.92 Å². The van der Waals surface area contributed by atoms with Crippen molar-refractivity contribution in [3.05, 3.63) is 99.4 Å². The Bertz CT molecular complexity index is 1630. The average Bonchev–Trinajstić information content (AvgIpc) is 3.47. The Morgan fingerprint density at radius 3 is 2.48 bits per heavy atom. The number of para-hydroxylation sites is 1. The first-order valence-corrected chi connectivity index (χ1v) is 15.1. The molecule has 0 bridgehead atoms. The third kappa shape index (κ3) is 7.13. The summed E-state index contributed by atoms with van der Waals surface area (Å²) >= 11 is 14.3. The molecule has 2 N–H and O–H groups in total. The van der Waals surface area contributed by atoms with E-state index in [0.29, 0.717) is 58.6 Å². The monoisotopic (exact) mass is 622 g/mol. The zero-order valence-corrected chi connectivity index (χ0v) is 24.8. The van der Waals surface area contributed by atoms with Crippen LogP contribution < -0.4 is 10.1 Å². The van der Waals surface area contributed by atoms with E-state index in [2.05, 4.69) is 5.32 Å². The molecule has 1 fully saturated rings. The summed E-state index contributed by atoms with van der Waals surface area (Å²) in [4.78, 5) is 39.4. The summed E-state index contributed by atoms with van der Waals surface area (Å²) in [5.41, 5.74) is 1.30. The Labute approximate surface area is 257 Å². The fraction of sp³-hybridized carbons (Fsp3) is 0.219. The number of carboxylic acids is 1. The number of rotatable bonds is 9. The minimum Gasteiger partial charge on any atom is -0.481 e. The van der Waals surface area contributed by atoms with Crippen LogP contribution in [-0.2, 0) is 14.4 Å². The van der Waals surface area contributed by atoms with Crippen LogP contribution in [0.15, 0.2) is 78.2 Å². The van der Waals surface area contributed by atoms with E-state index in [1.807, 2.05) is 47.8 Å². The smallest absolute Gasteiger partial charge is 0.305 e. The van der Waals surface area contributed by atoms with E-state index in [0.717, 1.165) is 10.1 Å². The van der Waals surface area contributed by atoms with Crippen LogP contribution in [0.25, 0.3) is 16.2 Å². The van der Waals surface area contributed by atoms with Gasteiger partial charge in [-0.15, -0.1) is 11.3 Å². The molecule has 1 unspecified atom stereocenters. The number of aliphatic carboxylic acids is 1. The van der Waals surface area contributed by atoms with Gasteiger partial charge in [-0.1, -0.05) is 53.5 Å². The van der Waals surface area contributed by atoms with Crippen molar-refractivity contribution in [2.45, 2.75) is 25.3 Å². The Hall–Kier alpha value is -3.85. The number of hydrogen-bond acceptors (Lipinski definition) is 5. The zero-order chi connectivity index (χ0) is 29.6. The molecule has 5 rings (SSSR count). The minimum absolute atomic E-state index is 0.176. The summed E-state index contributed by atoms with van der Waals surface area (Å²) in [7, 11) is 0. The number of benzene rings is 3. The van der Waals surface area contributed by atoms with E-state index in [4.69, 9.17) is 27.9 Å². The number of likely N-dealkylation sites (tertiary alicyclic amines) is 1. The maximum atomic E-state index is 13.2.